The van der Waals surface area contributed by atoms with E-state index in [0.29, 0.717) is 6.61 Å². The van der Waals surface area contributed by atoms with Crippen molar-refractivity contribution in [3.8, 4) is 5.75 Å². The van der Waals surface area contributed by atoms with Crippen LogP contribution in [0.1, 0.15) is 23.5 Å². The maximum atomic E-state index is 9.51. The third-order valence-corrected chi connectivity index (χ3v) is 3.21. The van der Waals surface area contributed by atoms with Crippen LogP contribution in [0.3, 0.4) is 0 Å². The topological polar surface area (TPSA) is 29.5 Å². The molecule has 19 heavy (non-hydrogen) atoms. The standard InChI is InChI=1S/C17H20O2/c1-14-6-5-7-15(12-14)16(13-18)10-11-19-17-8-3-2-4-9-17/h2-9,12,16,18H,10-11,13H2,1H3. The summed E-state index contributed by atoms with van der Waals surface area (Å²) in [7, 11) is 0. The number of aliphatic hydroxyl groups is 1. The Morgan fingerprint density at radius 3 is 2.53 bits per heavy atom. The summed E-state index contributed by atoms with van der Waals surface area (Å²) < 4.78 is 5.68. The zero-order chi connectivity index (χ0) is 13.5. The van der Waals surface area contributed by atoms with Crippen LogP contribution in [-0.4, -0.2) is 18.3 Å². The molecule has 0 aromatic heterocycles. The van der Waals surface area contributed by atoms with Crippen molar-refractivity contribution in [2.45, 2.75) is 19.3 Å². The van der Waals surface area contributed by atoms with Gasteiger partial charge in [-0.1, -0.05) is 48.0 Å². The van der Waals surface area contributed by atoms with Crippen molar-refractivity contribution < 1.29 is 9.84 Å². The second-order valence-corrected chi connectivity index (χ2v) is 4.74. The molecule has 1 N–H and O–H groups in total. The van der Waals surface area contributed by atoms with Crippen molar-refractivity contribution >= 4 is 0 Å². The maximum absolute atomic E-state index is 9.51. The molecule has 0 heterocycles. The SMILES string of the molecule is Cc1cccc(C(CO)CCOc2ccccc2)c1. The van der Waals surface area contributed by atoms with Crippen molar-refractivity contribution in [3.63, 3.8) is 0 Å². The Kier molecular flexibility index (Phi) is 4.99. The molecule has 1 unspecified atom stereocenters. The van der Waals surface area contributed by atoms with Crippen molar-refractivity contribution in [1.29, 1.82) is 0 Å². The largest absolute Gasteiger partial charge is 0.494 e. The van der Waals surface area contributed by atoms with Crippen molar-refractivity contribution in [2.24, 2.45) is 0 Å². The Labute approximate surface area is 114 Å². The highest BCUT2D eigenvalue weighted by Crippen LogP contribution is 2.20. The number of para-hydroxylation sites is 1. The van der Waals surface area contributed by atoms with E-state index in [1.807, 2.05) is 36.4 Å². The van der Waals surface area contributed by atoms with Crippen molar-refractivity contribution in [3.05, 3.63) is 65.7 Å². The van der Waals surface area contributed by atoms with Gasteiger partial charge in [0.05, 0.1) is 13.2 Å². The summed E-state index contributed by atoms with van der Waals surface area (Å²) in [6.07, 6.45) is 0.814. The molecule has 2 rings (SSSR count). The summed E-state index contributed by atoms with van der Waals surface area (Å²) in [5.41, 5.74) is 2.40. The first-order valence-corrected chi connectivity index (χ1v) is 6.65. The normalized spacial score (nSPS) is 12.1. The molecule has 0 spiro atoms. The molecule has 2 aromatic carbocycles. The monoisotopic (exact) mass is 256 g/mol. The number of hydrogen-bond acceptors (Lipinski definition) is 2. The van der Waals surface area contributed by atoms with E-state index in [2.05, 4.69) is 25.1 Å². The van der Waals surface area contributed by atoms with E-state index < -0.39 is 0 Å². The predicted molar refractivity (Wildman–Crippen MR) is 77.6 cm³/mol. The fourth-order valence-electron chi connectivity index (χ4n) is 2.12. The molecule has 100 valence electrons. The summed E-state index contributed by atoms with van der Waals surface area (Å²) in [6, 6.07) is 18.1. The lowest BCUT2D eigenvalue weighted by molar-refractivity contribution is 0.229. The summed E-state index contributed by atoms with van der Waals surface area (Å²) in [5, 5.41) is 9.51. The molecular weight excluding hydrogens is 236 g/mol. The van der Waals surface area contributed by atoms with Gasteiger partial charge in [0.1, 0.15) is 5.75 Å². The highest BCUT2D eigenvalue weighted by atomic mass is 16.5. The van der Waals surface area contributed by atoms with Crippen LogP contribution >= 0.6 is 0 Å². The fraction of sp³-hybridized carbons (Fsp3) is 0.294. The first-order valence-electron chi connectivity index (χ1n) is 6.65. The lowest BCUT2D eigenvalue weighted by Crippen LogP contribution is -2.09. The molecule has 0 saturated carbocycles. The van der Waals surface area contributed by atoms with Crippen LogP contribution in [0.5, 0.6) is 5.75 Å². The van der Waals surface area contributed by atoms with E-state index in [0.717, 1.165) is 12.2 Å². The summed E-state index contributed by atoms with van der Waals surface area (Å²) in [6.45, 7) is 2.84. The number of benzene rings is 2. The van der Waals surface area contributed by atoms with Gasteiger partial charge in [0, 0.05) is 5.92 Å². The van der Waals surface area contributed by atoms with E-state index in [4.69, 9.17) is 4.74 Å². The summed E-state index contributed by atoms with van der Waals surface area (Å²) in [4.78, 5) is 0. The summed E-state index contributed by atoms with van der Waals surface area (Å²) >= 11 is 0. The third kappa shape index (κ3) is 4.11. The molecule has 0 bridgehead atoms. The second-order valence-electron chi connectivity index (χ2n) is 4.74. The van der Waals surface area contributed by atoms with E-state index in [1.54, 1.807) is 0 Å². The van der Waals surface area contributed by atoms with Crippen molar-refractivity contribution in [2.75, 3.05) is 13.2 Å². The van der Waals surface area contributed by atoms with Crippen LogP contribution in [0.4, 0.5) is 0 Å². The lowest BCUT2D eigenvalue weighted by Gasteiger charge is -2.15. The van der Waals surface area contributed by atoms with Crippen LogP contribution in [0.25, 0.3) is 0 Å². The van der Waals surface area contributed by atoms with E-state index in [-0.39, 0.29) is 12.5 Å². The van der Waals surface area contributed by atoms with Crippen LogP contribution in [0.2, 0.25) is 0 Å². The molecule has 0 aliphatic rings. The first kappa shape index (κ1) is 13.6. The first-order chi connectivity index (χ1) is 9.29. The van der Waals surface area contributed by atoms with Gasteiger partial charge >= 0.3 is 0 Å². The average Bonchev–Trinajstić information content (AvgIpc) is 2.45. The van der Waals surface area contributed by atoms with Crippen LogP contribution < -0.4 is 4.74 Å². The number of hydrogen-bond donors (Lipinski definition) is 1. The molecule has 0 saturated heterocycles. The molecule has 0 radical (unpaired) electrons. The van der Waals surface area contributed by atoms with Gasteiger partial charge in [-0.05, 0) is 31.0 Å². The fourth-order valence-corrected chi connectivity index (χ4v) is 2.12. The van der Waals surface area contributed by atoms with Crippen molar-refractivity contribution in [1.82, 2.24) is 0 Å². The lowest BCUT2D eigenvalue weighted by atomic mass is 9.95. The van der Waals surface area contributed by atoms with E-state index >= 15 is 0 Å². The van der Waals surface area contributed by atoms with Crippen LogP contribution in [0.15, 0.2) is 54.6 Å². The minimum Gasteiger partial charge on any atom is -0.494 e. The third-order valence-electron chi connectivity index (χ3n) is 3.21. The highest BCUT2D eigenvalue weighted by Gasteiger charge is 2.10. The van der Waals surface area contributed by atoms with Gasteiger partial charge < -0.3 is 9.84 Å². The predicted octanol–water partition coefficient (Wildman–Crippen LogP) is 3.54. The molecule has 0 amide bonds. The number of aryl methyl sites for hydroxylation is 1. The molecule has 2 nitrogen and oxygen atoms in total. The van der Waals surface area contributed by atoms with Gasteiger partial charge in [0.2, 0.25) is 0 Å². The Morgan fingerprint density at radius 1 is 1.05 bits per heavy atom. The number of ether oxygens (including phenoxy) is 1. The number of aliphatic hydroxyl groups excluding tert-OH is 1. The van der Waals surface area contributed by atoms with Crippen LogP contribution in [-0.2, 0) is 0 Å². The quantitative estimate of drug-likeness (QED) is 0.856. The molecule has 0 fully saturated rings. The molecule has 2 heteroatoms. The Bertz CT molecular complexity index is 494. The average molecular weight is 256 g/mol. The molecular formula is C17H20O2. The smallest absolute Gasteiger partial charge is 0.119 e. The molecule has 1 atom stereocenters. The minimum atomic E-state index is 0.142. The number of rotatable bonds is 6. The molecule has 0 aliphatic heterocycles. The van der Waals surface area contributed by atoms with Gasteiger partial charge in [-0.2, -0.15) is 0 Å². The van der Waals surface area contributed by atoms with Gasteiger partial charge in [-0.25, -0.2) is 0 Å². The Balaban J connectivity index is 1.89. The van der Waals surface area contributed by atoms with Gasteiger partial charge in [-0.15, -0.1) is 0 Å². The van der Waals surface area contributed by atoms with Gasteiger partial charge in [0.15, 0.2) is 0 Å². The highest BCUT2D eigenvalue weighted by molar-refractivity contribution is 5.25. The minimum absolute atomic E-state index is 0.142. The molecule has 0 aliphatic carbocycles. The molecule has 2 aromatic rings. The summed E-state index contributed by atoms with van der Waals surface area (Å²) in [5.74, 6) is 1.02. The van der Waals surface area contributed by atoms with Crippen LogP contribution in [0, 0.1) is 6.92 Å². The van der Waals surface area contributed by atoms with Gasteiger partial charge in [0.25, 0.3) is 0 Å². The zero-order valence-corrected chi connectivity index (χ0v) is 11.3. The Hall–Kier alpha value is -1.80. The van der Waals surface area contributed by atoms with E-state index in [1.165, 1.54) is 11.1 Å². The maximum Gasteiger partial charge on any atom is 0.119 e. The van der Waals surface area contributed by atoms with E-state index in [9.17, 15) is 5.11 Å². The van der Waals surface area contributed by atoms with Gasteiger partial charge in [-0.3, -0.25) is 0 Å². The Morgan fingerprint density at radius 2 is 1.84 bits per heavy atom. The zero-order valence-electron chi connectivity index (χ0n) is 11.3. The second kappa shape index (κ2) is 6.95.